The van der Waals surface area contributed by atoms with Gasteiger partial charge in [0.2, 0.25) is 5.03 Å². The summed E-state index contributed by atoms with van der Waals surface area (Å²) in [6.07, 6.45) is 3.44. The van der Waals surface area contributed by atoms with Gasteiger partial charge in [-0.2, -0.15) is 8.42 Å². The minimum Gasteiger partial charge on any atom is -0.261 e. The van der Waals surface area contributed by atoms with Crippen molar-refractivity contribution >= 4 is 27.4 Å². The largest absolute Gasteiger partial charge is 0.283 e. The van der Waals surface area contributed by atoms with Crippen LogP contribution in [0.3, 0.4) is 0 Å². The lowest BCUT2D eigenvalue weighted by Gasteiger charge is -2.06. The van der Waals surface area contributed by atoms with Gasteiger partial charge in [0.15, 0.2) is 11.6 Å². The highest BCUT2D eigenvalue weighted by Gasteiger charge is 2.21. The Labute approximate surface area is 107 Å². The number of rotatable bonds is 3. The van der Waals surface area contributed by atoms with Crippen LogP contribution in [0.25, 0.3) is 0 Å². The Morgan fingerprint density at radius 1 is 1.22 bits per heavy atom. The summed E-state index contributed by atoms with van der Waals surface area (Å²) in [4.78, 5) is 10.8. The van der Waals surface area contributed by atoms with Gasteiger partial charge in [-0.1, -0.05) is 11.6 Å². The van der Waals surface area contributed by atoms with E-state index in [0.717, 1.165) is 18.5 Å². The van der Waals surface area contributed by atoms with Gasteiger partial charge >= 0.3 is 0 Å². The van der Waals surface area contributed by atoms with E-state index < -0.39 is 20.9 Å². The van der Waals surface area contributed by atoms with E-state index in [-0.39, 0.29) is 11.0 Å². The highest BCUT2D eigenvalue weighted by molar-refractivity contribution is 7.92. The van der Waals surface area contributed by atoms with E-state index in [1.165, 1.54) is 12.3 Å². The molecule has 0 bridgehead atoms. The number of hydrogen-bond donors (Lipinski definition) is 1. The lowest BCUT2D eigenvalue weighted by atomic mass is 10.5. The quantitative estimate of drug-likeness (QED) is 0.924. The first-order chi connectivity index (χ1) is 8.49. The van der Waals surface area contributed by atoms with Crippen LogP contribution in [0.2, 0.25) is 5.15 Å². The second kappa shape index (κ2) is 4.83. The molecule has 0 radical (unpaired) electrons. The van der Waals surface area contributed by atoms with Crippen LogP contribution in [-0.4, -0.2) is 23.4 Å². The van der Waals surface area contributed by atoms with Crippen molar-refractivity contribution in [3.63, 3.8) is 0 Å². The monoisotopic (exact) mass is 288 g/mol. The Morgan fingerprint density at radius 2 is 2.00 bits per heavy atom. The van der Waals surface area contributed by atoms with Crippen molar-refractivity contribution in [2.24, 2.45) is 0 Å². The maximum absolute atomic E-state index is 13.3. The molecule has 0 aliphatic rings. The van der Waals surface area contributed by atoms with Crippen molar-refractivity contribution < 1.29 is 12.8 Å². The average molecular weight is 289 g/mol. The van der Waals surface area contributed by atoms with Crippen LogP contribution in [0.15, 0.2) is 35.7 Å². The fourth-order valence-electron chi connectivity index (χ4n) is 1.12. The van der Waals surface area contributed by atoms with Gasteiger partial charge in [0.25, 0.3) is 10.0 Å². The highest BCUT2D eigenvalue weighted by Crippen LogP contribution is 2.14. The van der Waals surface area contributed by atoms with E-state index in [0.29, 0.717) is 0 Å². The number of pyridine rings is 1. The molecule has 0 aliphatic heterocycles. The number of sulfonamides is 1. The molecule has 0 atom stereocenters. The van der Waals surface area contributed by atoms with Gasteiger partial charge in [-0.3, -0.25) is 4.72 Å². The third-order valence-corrected chi connectivity index (χ3v) is 3.32. The summed E-state index contributed by atoms with van der Waals surface area (Å²) in [6.45, 7) is 0. The maximum atomic E-state index is 13.3. The zero-order valence-electron chi connectivity index (χ0n) is 8.71. The van der Waals surface area contributed by atoms with Gasteiger partial charge in [-0.05, 0) is 12.1 Å². The minimum atomic E-state index is -4.14. The SMILES string of the molecule is O=S(=O)(Nc1cnc(Cl)cn1)c1ncccc1F. The smallest absolute Gasteiger partial charge is 0.261 e. The Bertz CT molecular complexity index is 663. The summed E-state index contributed by atoms with van der Waals surface area (Å²) in [5.74, 6) is -1.03. The van der Waals surface area contributed by atoms with E-state index in [9.17, 15) is 12.8 Å². The zero-order valence-corrected chi connectivity index (χ0v) is 10.3. The number of aromatic nitrogens is 3. The number of hydrogen-bond acceptors (Lipinski definition) is 5. The molecule has 2 rings (SSSR count). The van der Waals surface area contributed by atoms with E-state index in [2.05, 4.69) is 15.0 Å². The molecular weight excluding hydrogens is 283 g/mol. The Kier molecular flexibility index (Phi) is 3.39. The van der Waals surface area contributed by atoms with Gasteiger partial charge in [0.1, 0.15) is 5.15 Å². The van der Waals surface area contributed by atoms with Gasteiger partial charge in [0, 0.05) is 6.20 Å². The standard InChI is InChI=1S/C9H6ClFN4O2S/c10-7-4-14-8(5-13-7)15-18(16,17)9-6(11)2-1-3-12-9/h1-5H,(H,14,15). The van der Waals surface area contributed by atoms with Crippen molar-refractivity contribution in [1.29, 1.82) is 0 Å². The van der Waals surface area contributed by atoms with E-state index in [1.54, 1.807) is 0 Å². The van der Waals surface area contributed by atoms with E-state index in [4.69, 9.17) is 11.6 Å². The van der Waals surface area contributed by atoms with Crippen molar-refractivity contribution in [3.05, 3.63) is 41.7 Å². The molecule has 18 heavy (non-hydrogen) atoms. The molecule has 2 heterocycles. The third-order valence-electron chi connectivity index (χ3n) is 1.84. The number of anilines is 1. The van der Waals surface area contributed by atoms with Gasteiger partial charge in [0.05, 0.1) is 12.4 Å². The average Bonchev–Trinajstić information content (AvgIpc) is 2.32. The first kappa shape index (κ1) is 12.7. The molecule has 0 unspecified atom stereocenters. The molecule has 1 N–H and O–H groups in total. The Hall–Kier alpha value is -1.80. The van der Waals surface area contributed by atoms with Crippen molar-refractivity contribution in [1.82, 2.24) is 15.0 Å². The van der Waals surface area contributed by atoms with Crippen LogP contribution in [-0.2, 0) is 10.0 Å². The molecule has 2 aromatic rings. The van der Waals surface area contributed by atoms with Crippen molar-refractivity contribution in [2.45, 2.75) is 5.03 Å². The van der Waals surface area contributed by atoms with Crippen LogP contribution in [0.1, 0.15) is 0 Å². The topological polar surface area (TPSA) is 84.8 Å². The second-order valence-electron chi connectivity index (χ2n) is 3.12. The molecule has 0 amide bonds. The van der Waals surface area contributed by atoms with E-state index >= 15 is 0 Å². The van der Waals surface area contributed by atoms with Crippen LogP contribution in [0, 0.1) is 5.82 Å². The molecule has 9 heteroatoms. The molecule has 6 nitrogen and oxygen atoms in total. The summed E-state index contributed by atoms with van der Waals surface area (Å²) < 4.78 is 38.9. The highest BCUT2D eigenvalue weighted by atomic mass is 35.5. The van der Waals surface area contributed by atoms with Crippen LogP contribution in [0.4, 0.5) is 10.2 Å². The lowest BCUT2D eigenvalue weighted by molar-refractivity contribution is 0.556. The molecule has 0 saturated carbocycles. The van der Waals surface area contributed by atoms with Crippen LogP contribution >= 0.6 is 11.6 Å². The number of halogens is 2. The molecule has 0 aliphatic carbocycles. The van der Waals surface area contributed by atoms with E-state index in [1.807, 2.05) is 4.72 Å². The zero-order chi connectivity index (χ0) is 13.2. The van der Waals surface area contributed by atoms with Crippen LogP contribution in [0.5, 0.6) is 0 Å². The normalized spacial score (nSPS) is 11.2. The van der Waals surface area contributed by atoms with Gasteiger partial charge < -0.3 is 0 Å². The first-order valence-electron chi connectivity index (χ1n) is 4.60. The fourth-order valence-corrected chi connectivity index (χ4v) is 2.22. The van der Waals surface area contributed by atoms with Gasteiger partial charge in [-0.25, -0.2) is 19.3 Å². The second-order valence-corrected chi connectivity index (χ2v) is 5.11. The summed E-state index contributed by atoms with van der Waals surface area (Å²) in [6, 6.07) is 2.28. The Morgan fingerprint density at radius 3 is 2.61 bits per heavy atom. The lowest BCUT2D eigenvalue weighted by Crippen LogP contribution is -2.17. The summed E-state index contributed by atoms with van der Waals surface area (Å²) >= 11 is 5.50. The third kappa shape index (κ3) is 2.71. The molecule has 94 valence electrons. The maximum Gasteiger partial charge on any atom is 0.283 e. The van der Waals surface area contributed by atoms with Crippen molar-refractivity contribution in [2.75, 3.05) is 4.72 Å². The number of nitrogens with zero attached hydrogens (tertiary/aromatic N) is 3. The first-order valence-corrected chi connectivity index (χ1v) is 6.46. The van der Waals surface area contributed by atoms with Crippen molar-refractivity contribution in [3.8, 4) is 0 Å². The number of nitrogens with one attached hydrogen (secondary N) is 1. The predicted molar refractivity (Wildman–Crippen MR) is 62.0 cm³/mol. The molecule has 0 saturated heterocycles. The van der Waals surface area contributed by atoms with Gasteiger partial charge in [-0.15, -0.1) is 0 Å². The minimum absolute atomic E-state index is 0.0792. The summed E-state index contributed by atoms with van der Waals surface area (Å²) in [5, 5.41) is -0.594. The molecular formula is C9H6ClFN4O2S. The Balaban J connectivity index is 2.33. The predicted octanol–water partition coefficient (Wildman–Crippen LogP) is 1.46. The van der Waals surface area contributed by atoms with Crippen LogP contribution < -0.4 is 4.72 Å². The summed E-state index contributed by atoms with van der Waals surface area (Å²) in [5.41, 5.74) is 0. The molecule has 0 fully saturated rings. The molecule has 2 aromatic heterocycles. The summed E-state index contributed by atoms with van der Waals surface area (Å²) in [7, 11) is -4.14. The fraction of sp³-hybridized carbons (Fsp3) is 0. The molecule has 0 spiro atoms. The molecule has 0 aromatic carbocycles.